The molecule has 1 N–H and O–H groups in total. The Hall–Kier alpha value is -1.47. The summed E-state index contributed by atoms with van der Waals surface area (Å²) in [4.78, 5) is 35.3. The van der Waals surface area contributed by atoms with E-state index in [2.05, 4.69) is 5.32 Å². The molecular formula is C10H9ClN2O4S. The zero-order valence-electron chi connectivity index (χ0n) is 9.14. The molecular weight excluding hydrogens is 280 g/mol. The molecule has 96 valence electrons. The van der Waals surface area contributed by atoms with E-state index in [0.29, 0.717) is 0 Å². The number of carbonyl (C=O) groups is 3. The summed E-state index contributed by atoms with van der Waals surface area (Å²) in [6.07, 6.45) is 1.31. The number of rotatable bonds is 4. The molecule has 1 aromatic rings. The van der Waals surface area contributed by atoms with Gasteiger partial charge in [0.15, 0.2) is 0 Å². The molecule has 0 aliphatic carbocycles. The maximum Gasteiger partial charge on any atom is 0.288 e. The number of furan rings is 1. The van der Waals surface area contributed by atoms with Crippen molar-refractivity contribution in [2.45, 2.75) is 0 Å². The zero-order valence-corrected chi connectivity index (χ0v) is 10.7. The highest BCUT2D eigenvalue weighted by molar-refractivity contribution is 8.14. The molecule has 0 atom stereocenters. The average molecular weight is 289 g/mol. The molecule has 0 unspecified atom stereocenters. The van der Waals surface area contributed by atoms with Crippen LogP contribution in [0.3, 0.4) is 0 Å². The fourth-order valence-electron chi connectivity index (χ4n) is 1.43. The lowest BCUT2D eigenvalue weighted by molar-refractivity contribution is -0.124. The second-order valence-electron chi connectivity index (χ2n) is 3.46. The lowest BCUT2D eigenvalue weighted by Gasteiger charge is -2.12. The molecule has 0 radical (unpaired) electrons. The predicted octanol–water partition coefficient (Wildman–Crippen LogP) is 1.36. The predicted molar refractivity (Wildman–Crippen MR) is 65.6 cm³/mol. The molecule has 1 aromatic heterocycles. The van der Waals surface area contributed by atoms with Gasteiger partial charge in [0.25, 0.3) is 11.1 Å². The molecule has 1 aliphatic rings. The number of imide groups is 1. The van der Waals surface area contributed by atoms with Gasteiger partial charge in [0.1, 0.15) is 0 Å². The Kier molecular flexibility index (Phi) is 3.93. The topological polar surface area (TPSA) is 79.6 Å². The van der Waals surface area contributed by atoms with Crippen molar-refractivity contribution in [3.63, 3.8) is 0 Å². The van der Waals surface area contributed by atoms with Gasteiger partial charge in [-0.05, 0) is 17.7 Å². The minimum atomic E-state index is -0.402. The van der Waals surface area contributed by atoms with Gasteiger partial charge < -0.3 is 9.73 Å². The van der Waals surface area contributed by atoms with Crippen LogP contribution in [0, 0.1) is 0 Å². The third-order valence-corrected chi connectivity index (χ3v) is 3.48. The van der Waals surface area contributed by atoms with Crippen molar-refractivity contribution < 1.29 is 18.8 Å². The van der Waals surface area contributed by atoms with Crippen LogP contribution in [0.25, 0.3) is 0 Å². The molecule has 18 heavy (non-hydrogen) atoms. The minimum absolute atomic E-state index is 0.0105. The third kappa shape index (κ3) is 2.68. The van der Waals surface area contributed by atoms with Gasteiger partial charge >= 0.3 is 0 Å². The molecule has 0 bridgehead atoms. The second kappa shape index (κ2) is 5.45. The molecule has 1 saturated heterocycles. The van der Waals surface area contributed by atoms with Crippen LogP contribution >= 0.6 is 23.4 Å². The second-order valence-corrected chi connectivity index (χ2v) is 4.73. The Labute approximate surface area is 112 Å². The van der Waals surface area contributed by atoms with E-state index in [-0.39, 0.29) is 40.8 Å². The van der Waals surface area contributed by atoms with Crippen molar-refractivity contribution in [1.29, 1.82) is 0 Å². The molecule has 2 heterocycles. The van der Waals surface area contributed by atoms with E-state index < -0.39 is 5.91 Å². The first kappa shape index (κ1) is 13.0. The first-order valence-electron chi connectivity index (χ1n) is 5.08. The van der Waals surface area contributed by atoms with E-state index in [9.17, 15) is 14.4 Å². The summed E-state index contributed by atoms with van der Waals surface area (Å²) in [5.41, 5.74) is 0.227. The van der Waals surface area contributed by atoms with Crippen molar-refractivity contribution in [3.8, 4) is 0 Å². The lowest BCUT2D eigenvalue weighted by atomic mass is 10.3. The van der Waals surface area contributed by atoms with Crippen molar-refractivity contribution in [3.05, 3.63) is 23.1 Å². The van der Waals surface area contributed by atoms with Gasteiger partial charge in [0.05, 0.1) is 17.6 Å². The van der Waals surface area contributed by atoms with Crippen molar-refractivity contribution in [2.24, 2.45) is 0 Å². The summed E-state index contributed by atoms with van der Waals surface area (Å²) in [5, 5.41) is 2.28. The van der Waals surface area contributed by atoms with Crippen LogP contribution in [0.5, 0.6) is 0 Å². The number of nitrogens with zero attached hydrogens (tertiary/aromatic N) is 1. The highest BCUT2D eigenvalue weighted by atomic mass is 35.5. The number of amides is 3. The Balaban J connectivity index is 1.82. The third-order valence-electron chi connectivity index (χ3n) is 2.32. The molecule has 6 nitrogen and oxygen atoms in total. The van der Waals surface area contributed by atoms with Gasteiger partial charge in [-0.25, -0.2) is 0 Å². The minimum Gasteiger partial charge on any atom is -0.452 e. The molecule has 1 aliphatic heterocycles. The van der Waals surface area contributed by atoms with Crippen LogP contribution in [0.15, 0.2) is 16.7 Å². The lowest BCUT2D eigenvalue weighted by Crippen LogP contribution is -2.37. The largest absolute Gasteiger partial charge is 0.452 e. The maximum atomic E-state index is 11.6. The van der Waals surface area contributed by atoms with E-state index in [1.807, 2.05) is 0 Å². The van der Waals surface area contributed by atoms with Crippen LogP contribution < -0.4 is 5.32 Å². The van der Waals surface area contributed by atoms with Gasteiger partial charge in [-0.15, -0.1) is 0 Å². The van der Waals surface area contributed by atoms with Crippen LogP contribution in [0.4, 0.5) is 4.79 Å². The van der Waals surface area contributed by atoms with Gasteiger partial charge in [-0.1, -0.05) is 11.8 Å². The average Bonchev–Trinajstić information content (AvgIpc) is 2.89. The smallest absolute Gasteiger partial charge is 0.288 e. The van der Waals surface area contributed by atoms with E-state index >= 15 is 0 Å². The monoisotopic (exact) mass is 288 g/mol. The number of halogens is 1. The summed E-state index contributed by atoms with van der Waals surface area (Å²) < 4.78 is 4.78. The highest BCUT2D eigenvalue weighted by Crippen LogP contribution is 2.18. The van der Waals surface area contributed by atoms with E-state index in [0.717, 1.165) is 16.7 Å². The molecule has 8 heteroatoms. The summed E-state index contributed by atoms with van der Waals surface area (Å²) in [6, 6.07) is 1.44. The van der Waals surface area contributed by atoms with Gasteiger partial charge in [-0.2, -0.15) is 0 Å². The molecule has 0 spiro atoms. The van der Waals surface area contributed by atoms with Gasteiger partial charge in [-0.3, -0.25) is 19.3 Å². The van der Waals surface area contributed by atoms with Crippen LogP contribution in [-0.2, 0) is 4.79 Å². The fourth-order valence-corrected chi connectivity index (χ4v) is 2.38. The van der Waals surface area contributed by atoms with Crippen LogP contribution in [-0.4, -0.2) is 40.8 Å². The summed E-state index contributed by atoms with van der Waals surface area (Å²) in [6.45, 7) is 0.338. The van der Waals surface area contributed by atoms with Crippen LogP contribution in [0.2, 0.25) is 5.22 Å². The Morgan fingerprint density at radius 1 is 1.56 bits per heavy atom. The molecule has 0 aromatic carbocycles. The van der Waals surface area contributed by atoms with Crippen LogP contribution in [0.1, 0.15) is 10.4 Å². The highest BCUT2D eigenvalue weighted by Gasteiger charge is 2.29. The first-order valence-corrected chi connectivity index (χ1v) is 6.44. The van der Waals surface area contributed by atoms with Crippen molar-refractivity contribution in [1.82, 2.24) is 10.2 Å². The molecule has 3 amide bonds. The van der Waals surface area contributed by atoms with Gasteiger partial charge in [0.2, 0.25) is 11.1 Å². The van der Waals surface area contributed by atoms with E-state index in [1.54, 1.807) is 0 Å². The number of thioether (sulfide) groups is 1. The number of carbonyl (C=O) groups excluding carboxylic acids is 3. The molecule has 1 fully saturated rings. The van der Waals surface area contributed by atoms with Crippen molar-refractivity contribution in [2.75, 3.05) is 18.8 Å². The standard InChI is InChI=1S/C10H9ClN2O4S/c11-8-6(1-4-17-8)9(15)12-2-3-13-7(14)5-18-10(13)16/h1,4H,2-3,5H2,(H,12,15). The first-order chi connectivity index (χ1) is 8.59. The summed E-state index contributed by atoms with van der Waals surface area (Å²) in [5.74, 6) is -0.471. The summed E-state index contributed by atoms with van der Waals surface area (Å²) >= 11 is 6.60. The fraction of sp³-hybridized carbons (Fsp3) is 0.300. The van der Waals surface area contributed by atoms with E-state index in [1.165, 1.54) is 12.3 Å². The Morgan fingerprint density at radius 3 is 2.89 bits per heavy atom. The maximum absolute atomic E-state index is 11.6. The SMILES string of the molecule is O=C(NCCN1C(=O)CSC1=O)c1ccoc1Cl. The van der Waals surface area contributed by atoms with Gasteiger partial charge in [0, 0.05) is 13.1 Å². The Bertz CT molecular complexity index is 486. The zero-order chi connectivity index (χ0) is 13.1. The van der Waals surface area contributed by atoms with E-state index in [4.69, 9.17) is 16.0 Å². The molecule has 0 saturated carbocycles. The number of nitrogens with one attached hydrogen (secondary N) is 1. The molecule has 2 rings (SSSR count). The quantitative estimate of drug-likeness (QED) is 0.905. The normalized spacial score (nSPS) is 15.3. The Morgan fingerprint density at radius 2 is 2.33 bits per heavy atom. The summed E-state index contributed by atoms with van der Waals surface area (Å²) in [7, 11) is 0. The number of hydrogen-bond donors (Lipinski definition) is 1. The number of hydrogen-bond acceptors (Lipinski definition) is 5. The van der Waals surface area contributed by atoms with Crippen molar-refractivity contribution >= 4 is 40.4 Å².